The summed E-state index contributed by atoms with van der Waals surface area (Å²) >= 11 is 0. The molecule has 1 aromatic carbocycles. The second kappa shape index (κ2) is 8.50. The topological polar surface area (TPSA) is 65.0 Å². The first kappa shape index (κ1) is 15.5. The highest BCUT2D eigenvalue weighted by Crippen LogP contribution is 2.13. The Labute approximate surface area is 113 Å². The zero-order valence-corrected chi connectivity index (χ0v) is 11.3. The summed E-state index contributed by atoms with van der Waals surface area (Å²) in [4.78, 5) is 10.9. The van der Waals surface area contributed by atoms with Crippen LogP contribution in [0.4, 0.5) is 0 Å². The molecule has 0 bridgehead atoms. The standard InChI is InChI=1S/C14H20O5/c1-3-19-12-6-4-5-11(9-12)7-8-18-10-13(15)14(16)17-2/h4-6,9,13,15H,3,7-8,10H2,1-2H3. The average Bonchev–Trinajstić information content (AvgIpc) is 2.43. The summed E-state index contributed by atoms with van der Waals surface area (Å²) in [5.41, 5.74) is 1.08. The second-order valence-corrected chi connectivity index (χ2v) is 3.94. The van der Waals surface area contributed by atoms with Crippen molar-refractivity contribution in [1.82, 2.24) is 0 Å². The van der Waals surface area contributed by atoms with Crippen molar-refractivity contribution < 1.29 is 24.1 Å². The largest absolute Gasteiger partial charge is 0.494 e. The summed E-state index contributed by atoms with van der Waals surface area (Å²) in [7, 11) is 1.23. The summed E-state index contributed by atoms with van der Waals surface area (Å²) in [6, 6.07) is 7.74. The van der Waals surface area contributed by atoms with Crippen molar-refractivity contribution in [3.05, 3.63) is 29.8 Å². The highest BCUT2D eigenvalue weighted by Gasteiger charge is 2.14. The molecule has 1 rings (SSSR count). The van der Waals surface area contributed by atoms with Crippen LogP contribution in [0.3, 0.4) is 0 Å². The molecule has 0 aliphatic rings. The van der Waals surface area contributed by atoms with Crippen LogP contribution in [0.1, 0.15) is 12.5 Å². The Balaban J connectivity index is 2.29. The SMILES string of the molecule is CCOc1cccc(CCOCC(O)C(=O)OC)c1. The summed E-state index contributed by atoms with van der Waals surface area (Å²) in [5, 5.41) is 9.31. The van der Waals surface area contributed by atoms with Gasteiger partial charge in [0.2, 0.25) is 0 Å². The zero-order chi connectivity index (χ0) is 14.1. The molecule has 0 spiro atoms. The molecule has 0 amide bonds. The molecule has 0 aliphatic carbocycles. The van der Waals surface area contributed by atoms with Crippen LogP contribution in [0.2, 0.25) is 0 Å². The number of hydrogen-bond acceptors (Lipinski definition) is 5. The smallest absolute Gasteiger partial charge is 0.337 e. The van der Waals surface area contributed by atoms with Gasteiger partial charge in [-0.2, -0.15) is 0 Å². The maximum atomic E-state index is 10.9. The van der Waals surface area contributed by atoms with E-state index in [0.717, 1.165) is 11.3 Å². The number of ether oxygens (including phenoxy) is 3. The number of aliphatic hydroxyl groups excluding tert-OH is 1. The molecule has 5 heteroatoms. The Kier molecular flexibility index (Phi) is 6.92. The monoisotopic (exact) mass is 268 g/mol. The van der Waals surface area contributed by atoms with Crippen molar-refractivity contribution >= 4 is 5.97 Å². The highest BCUT2D eigenvalue weighted by molar-refractivity contribution is 5.74. The maximum Gasteiger partial charge on any atom is 0.337 e. The van der Waals surface area contributed by atoms with Crippen molar-refractivity contribution in [1.29, 1.82) is 0 Å². The van der Waals surface area contributed by atoms with Crippen molar-refractivity contribution in [2.45, 2.75) is 19.4 Å². The molecule has 1 atom stereocenters. The van der Waals surface area contributed by atoms with E-state index in [9.17, 15) is 9.90 Å². The minimum Gasteiger partial charge on any atom is -0.494 e. The Morgan fingerprint density at radius 1 is 1.42 bits per heavy atom. The molecular formula is C14H20O5. The van der Waals surface area contributed by atoms with Gasteiger partial charge in [-0.05, 0) is 31.0 Å². The summed E-state index contributed by atoms with van der Waals surface area (Å²) in [5.74, 6) is 0.146. The number of methoxy groups -OCH3 is 1. The Hall–Kier alpha value is -1.59. The first-order valence-corrected chi connectivity index (χ1v) is 6.22. The number of benzene rings is 1. The minimum absolute atomic E-state index is 0.0577. The van der Waals surface area contributed by atoms with Crippen LogP contribution in [-0.2, 0) is 20.7 Å². The van der Waals surface area contributed by atoms with Gasteiger partial charge in [-0.25, -0.2) is 4.79 Å². The summed E-state index contributed by atoms with van der Waals surface area (Å²) in [6.07, 6.45) is -0.533. The Morgan fingerprint density at radius 2 is 2.21 bits per heavy atom. The fourth-order valence-corrected chi connectivity index (χ4v) is 1.55. The fourth-order valence-electron chi connectivity index (χ4n) is 1.55. The molecule has 0 aliphatic heterocycles. The fraction of sp³-hybridized carbons (Fsp3) is 0.500. The predicted molar refractivity (Wildman–Crippen MR) is 70.2 cm³/mol. The lowest BCUT2D eigenvalue weighted by Gasteiger charge is -2.09. The number of carbonyl (C=O) groups is 1. The molecule has 0 saturated carbocycles. The molecule has 0 saturated heterocycles. The van der Waals surface area contributed by atoms with E-state index in [4.69, 9.17) is 9.47 Å². The van der Waals surface area contributed by atoms with E-state index in [1.165, 1.54) is 7.11 Å². The van der Waals surface area contributed by atoms with E-state index < -0.39 is 12.1 Å². The van der Waals surface area contributed by atoms with Crippen LogP contribution >= 0.6 is 0 Å². The van der Waals surface area contributed by atoms with Gasteiger partial charge in [-0.15, -0.1) is 0 Å². The average molecular weight is 268 g/mol. The van der Waals surface area contributed by atoms with Crippen LogP contribution in [-0.4, -0.2) is 44.1 Å². The quantitative estimate of drug-likeness (QED) is 0.566. The third-order valence-electron chi connectivity index (χ3n) is 2.49. The third-order valence-corrected chi connectivity index (χ3v) is 2.49. The first-order valence-electron chi connectivity index (χ1n) is 6.22. The van der Waals surface area contributed by atoms with E-state index in [0.29, 0.717) is 19.6 Å². The molecular weight excluding hydrogens is 248 g/mol. The molecule has 0 heterocycles. The summed E-state index contributed by atoms with van der Waals surface area (Å²) in [6.45, 7) is 2.93. The van der Waals surface area contributed by atoms with Crippen LogP contribution in [0.15, 0.2) is 24.3 Å². The van der Waals surface area contributed by atoms with Crippen molar-refractivity contribution in [2.24, 2.45) is 0 Å². The molecule has 0 aromatic heterocycles. The van der Waals surface area contributed by atoms with E-state index in [1.54, 1.807) is 0 Å². The van der Waals surface area contributed by atoms with Gasteiger partial charge in [0.1, 0.15) is 5.75 Å². The number of hydrogen-bond donors (Lipinski definition) is 1. The molecule has 5 nitrogen and oxygen atoms in total. The van der Waals surface area contributed by atoms with Gasteiger partial charge < -0.3 is 19.3 Å². The van der Waals surface area contributed by atoms with Gasteiger partial charge in [0.15, 0.2) is 6.10 Å². The Morgan fingerprint density at radius 3 is 2.89 bits per heavy atom. The van der Waals surface area contributed by atoms with Crippen LogP contribution in [0.5, 0.6) is 5.75 Å². The van der Waals surface area contributed by atoms with Gasteiger partial charge in [-0.3, -0.25) is 0 Å². The molecule has 19 heavy (non-hydrogen) atoms. The molecule has 0 fully saturated rings. The Bertz CT molecular complexity index is 391. The lowest BCUT2D eigenvalue weighted by molar-refractivity contribution is -0.153. The normalized spacial score (nSPS) is 11.9. The minimum atomic E-state index is -1.22. The van der Waals surface area contributed by atoms with Crippen molar-refractivity contribution in [2.75, 3.05) is 26.9 Å². The van der Waals surface area contributed by atoms with Gasteiger partial charge in [0.25, 0.3) is 0 Å². The molecule has 1 N–H and O–H groups in total. The lowest BCUT2D eigenvalue weighted by atomic mass is 10.1. The van der Waals surface area contributed by atoms with Gasteiger partial charge >= 0.3 is 5.97 Å². The zero-order valence-electron chi connectivity index (χ0n) is 11.3. The molecule has 0 radical (unpaired) electrons. The van der Waals surface area contributed by atoms with Crippen molar-refractivity contribution in [3.63, 3.8) is 0 Å². The second-order valence-electron chi connectivity index (χ2n) is 3.94. The highest BCUT2D eigenvalue weighted by atomic mass is 16.5. The van der Waals surface area contributed by atoms with Gasteiger partial charge in [0.05, 0.1) is 26.9 Å². The molecule has 106 valence electrons. The first-order chi connectivity index (χ1) is 9.17. The van der Waals surface area contributed by atoms with E-state index in [1.807, 2.05) is 31.2 Å². The van der Waals surface area contributed by atoms with E-state index in [-0.39, 0.29) is 6.61 Å². The van der Waals surface area contributed by atoms with E-state index in [2.05, 4.69) is 4.74 Å². The van der Waals surface area contributed by atoms with Gasteiger partial charge in [0, 0.05) is 0 Å². The maximum absolute atomic E-state index is 10.9. The number of rotatable bonds is 8. The molecule has 1 unspecified atom stereocenters. The van der Waals surface area contributed by atoms with Crippen LogP contribution < -0.4 is 4.74 Å². The lowest BCUT2D eigenvalue weighted by Crippen LogP contribution is -2.27. The molecule has 1 aromatic rings. The van der Waals surface area contributed by atoms with Crippen LogP contribution in [0, 0.1) is 0 Å². The third kappa shape index (κ3) is 5.72. The number of esters is 1. The summed E-state index contributed by atoms with van der Waals surface area (Å²) < 4.78 is 15.0. The number of aliphatic hydroxyl groups is 1. The van der Waals surface area contributed by atoms with Gasteiger partial charge in [-0.1, -0.05) is 12.1 Å². The number of carbonyl (C=O) groups excluding carboxylic acids is 1. The predicted octanol–water partition coefficient (Wildman–Crippen LogP) is 1.18. The van der Waals surface area contributed by atoms with E-state index >= 15 is 0 Å². The van der Waals surface area contributed by atoms with Crippen LogP contribution in [0.25, 0.3) is 0 Å². The van der Waals surface area contributed by atoms with Crippen molar-refractivity contribution in [3.8, 4) is 5.75 Å².